The fourth-order valence-corrected chi connectivity index (χ4v) is 12.5. The van der Waals surface area contributed by atoms with Gasteiger partial charge in [0.05, 0.1) is 31.1 Å². The molecule has 4 atom stereocenters. The lowest BCUT2D eigenvalue weighted by molar-refractivity contribution is -0.136. The van der Waals surface area contributed by atoms with Crippen LogP contribution in [0.25, 0.3) is 0 Å². The molecule has 3 amide bonds. The zero-order valence-corrected chi connectivity index (χ0v) is 35.3. The summed E-state index contributed by atoms with van der Waals surface area (Å²) in [4.78, 5) is 46.7. The van der Waals surface area contributed by atoms with Crippen LogP contribution in [-0.4, -0.2) is 97.7 Å². The van der Waals surface area contributed by atoms with Crippen molar-refractivity contribution in [3.63, 3.8) is 0 Å². The van der Waals surface area contributed by atoms with Crippen molar-refractivity contribution in [3.05, 3.63) is 112 Å². The minimum absolute atomic E-state index is 0.104. The second kappa shape index (κ2) is 15.3. The Bertz CT molecular complexity index is 2450. The molecular weight excluding hydrogens is 786 g/mol. The number of halogens is 1. The number of phenolic OH excluding ortho intramolecular Hbond substituents is 1. The van der Waals surface area contributed by atoms with E-state index < -0.39 is 11.9 Å². The molecule has 2 N–H and O–H groups in total. The van der Waals surface area contributed by atoms with Crippen molar-refractivity contribution in [1.82, 2.24) is 15.1 Å². The molecule has 4 aromatic rings. The number of piperidine rings is 2. The molecule has 5 aliphatic heterocycles. The number of carbonyl (C=O) groups excluding carboxylic acids is 3. The number of hydrogen-bond acceptors (Lipinski definition) is 9. The molecule has 4 aromatic carbocycles. The summed E-state index contributed by atoms with van der Waals surface area (Å²) in [6.45, 7) is 6.47. The lowest BCUT2D eigenvalue weighted by Gasteiger charge is -2.54. The summed E-state index contributed by atoms with van der Waals surface area (Å²) < 4.78 is 29.1. The largest absolute Gasteiger partial charge is 0.508 e. The molecule has 12 heteroatoms. The van der Waals surface area contributed by atoms with Crippen LogP contribution >= 0.6 is 0 Å². The van der Waals surface area contributed by atoms with E-state index in [0.717, 1.165) is 98.8 Å². The minimum atomic E-state index is -0.648. The van der Waals surface area contributed by atoms with E-state index in [2.05, 4.69) is 44.3 Å². The molecule has 0 radical (unpaired) electrons. The molecule has 2 aliphatic carbocycles. The summed E-state index contributed by atoms with van der Waals surface area (Å²) in [6.07, 6.45) is 6.87. The monoisotopic (exact) mass is 839 g/mol. The van der Waals surface area contributed by atoms with Gasteiger partial charge in [-0.25, -0.2) is 4.39 Å². The molecule has 62 heavy (non-hydrogen) atoms. The second-order valence-corrected chi connectivity index (χ2v) is 19.0. The van der Waals surface area contributed by atoms with Crippen molar-refractivity contribution in [3.8, 4) is 17.2 Å². The zero-order valence-electron chi connectivity index (χ0n) is 35.3. The van der Waals surface area contributed by atoms with Gasteiger partial charge in [-0.1, -0.05) is 36.4 Å². The van der Waals surface area contributed by atoms with Crippen molar-refractivity contribution in [2.45, 2.75) is 81.8 Å². The zero-order chi connectivity index (χ0) is 42.3. The molecule has 1 spiro atoms. The van der Waals surface area contributed by atoms with Gasteiger partial charge in [-0.2, -0.15) is 0 Å². The van der Waals surface area contributed by atoms with Crippen molar-refractivity contribution < 1.29 is 33.4 Å². The van der Waals surface area contributed by atoms with E-state index in [4.69, 9.17) is 9.47 Å². The number of piperazine rings is 1. The van der Waals surface area contributed by atoms with Crippen LogP contribution in [0.3, 0.4) is 0 Å². The number of ether oxygens (including phenoxy) is 2. The van der Waals surface area contributed by atoms with E-state index in [1.807, 2.05) is 36.4 Å². The molecule has 0 aromatic heterocycles. The number of amides is 3. The first kappa shape index (κ1) is 39.2. The molecule has 3 saturated heterocycles. The summed E-state index contributed by atoms with van der Waals surface area (Å²) in [5.74, 6) is 1.19. The number of methoxy groups -OCH3 is 1. The third kappa shape index (κ3) is 6.67. The average molecular weight is 840 g/mol. The van der Waals surface area contributed by atoms with Gasteiger partial charge in [0.1, 0.15) is 35.7 Å². The van der Waals surface area contributed by atoms with Gasteiger partial charge in [-0.3, -0.25) is 24.6 Å². The van der Waals surface area contributed by atoms with Crippen LogP contribution in [0.15, 0.2) is 72.8 Å². The topological polar surface area (TPSA) is 115 Å². The second-order valence-electron chi connectivity index (χ2n) is 19.0. The number of hydrogen-bond donors (Lipinski definition) is 2. The lowest BCUT2D eigenvalue weighted by atomic mass is 9.57. The Kier molecular flexibility index (Phi) is 9.70. The Labute approximate surface area is 361 Å². The SMILES string of the molecule is COc1cc([C@@H]2c3ccc(O)cc3CC[C@@H]2c2ccccc2)c(F)cc1N1CCC2(CC1)CC(CN1CCN3c4ccc5c(c4OC[C@H]3C1)CN([C@H]1CCC(=O)NC1=O)C5=O)C2. The Morgan fingerprint density at radius 2 is 1.71 bits per heavy atom. The number of carbonyl (C=O) groups is 3. The van der Waals surface area contributed by atoms with Crippen LogP contribution < -0.4 is 24.6 Å². The van der Waals surface area contributed by atoms with E-state index in [1.165, 1.54) is 18.4 Å². The van der Waals surface area contributed by atoms with E-state index in [9.17, 15) is 19.5 Å². The van der Waals surface area contributed by atoms with Gasteiger partial charge < -0.3 is 29.3 Å². The van der Waals surface area contributed by atoms with Crippen LogP contribution in [0.2, 0.25) is 0 Å². The fraction of sp³-hybridized carbons (Fsp3) is 0.460. The molecular formula is C50H54FN5O6. The number of phenols is 1. The lowest BCUT2D eigenvalue weighted by Crippen LogP contribution is -2.59. The first-order valence-corrected chi connectivity index (χ1v) is 22.6. The summed E-state index contributed by atoms with van der Waals surface area (Å²) in [7, 11) is 1.69. The highest BCUT2D eigenvalue weighted by Gasteiger charge is 2.48. The highest BCUT2D eigenvalue weighted by Crippen LogP contribution is 2.55. The number of aryl methyl sites for hydroxylation is 1. The standard InChI is InChI=1S/C50H54FN5O6/c1-61-44-22-38(46-35(31-5-3-2-4-6-31)9-7-32-21-34(57)8-10-36(32)46)40(51)23-43(44)54-17-15-50(16-18-54)24-30(25-50)26-53-19-20-55-33(27-53)29-62-47-39-28-56(42-13-14-45(58)52-48(42)59)49(60)37(39)11-12-41(47)55/h2-6,8,10-12,21-23,30,33,35,42,46,57H,7,9,13-20,24-29H2,1H3,(H,52,58,59)/t33-,35-,42+,46+/m1/s1. The number of nitrogens with one attached hydrogen (secondary N) is 1. The maximum absolute atomic E-state index is 16.6. The number of fused-ring (bicyclic) bond motifs is 6. The summed E-state index contributed by atoms with van der Waals surface area (Å²) in [5.41, 5.74) is 7.59. The van der Waals surface area contributed by atoms with Gasteiger partial charge in [0, 0.05) is 68.8 Å². The van der Waals surface area contributed by atoms with Crippen LogP contribution in [0, 0.1) is 17.2 Å². The maximum Gasteiger partial charge on any atom is 0.255 e. The number of benzene rings is 4. The van der Waals surface area contributed by atoms with Gasteiger partial charge in [0.25, 0.3) is 5.91 Å². The third-order valence-corrected chi connectivity index (χ3v) is 15.5. The Morgan fingerprint density at radius 3 is 2.50 bits per heavy atom. The maximum atomic E-state index is 16.6. The molecule has 0 bridgehead atoms. The Hall–Kier alpha value is -5.62. The molecule has 11 rings (SSSR count). The fourth-order valence-electron chi connectivity index (χ4n) is 12.5. The quantitative estimate of drug-likeness (QED) is 0.196. The molecule has 11 nitrogen and oxygen atoms in total. The van der Waals surface area contributed by atoms with Crippen molar-refractivity contribution >= 4 is 29.1 Å². The highest BCUT2D eigenvalue weighted by molar-refractivity contribution is 6.06. The molecule has 322 valence electrons. The Balaban J connectivity index is 0.716. The van der Waals surface area contributed by atoms with Crippen molar-refractivity contribution in [1.29, 1.82) is 0 Å². The Morgan fingerprint density at radius 1 is 0.887 bits per heavy atom. The van der Waals surface area contributed by atoms with E-state index in [-0.39, 0.29) is 47.7 Å². The molecule has 4 fully saturated rings. The van der Waals surface area contributed by atoms with E-state index in [1.54, 1.807) is 24.1 Å². The predicted octanol–water partition coefficient (Wildman–Crippen LogP) is 6.74. The van der Waals surface area contributed by atoms with Gasteiger partial charge >= 0.3 is 0 Å². The first-order valence-electron chi connectivity index (χ1n) is 22.6. The van der Waals surface area contributed by atoms with Gasteiger partial charge in [-0.05, 0) is 115 Å². The minimum Gasteiger partial charge on any atom is -0.508 e. The highest BCUT2D eigenvalue weighted by atomic mass is 19.1. The van der Waals surface area contributed by atoms with Crippen molar-refractivity contribution in [2.75, 3.05) is 62.8 Å². The third-order valence-electron chi connectivity index (χ3n) is 15.5. The number of imide groups is 1. The average Bonchev–Trinajstić information content (AvgIpc) is 3.61. The van der Waals surface area contributed by atoms with Gasteiger partial charge in [-0.15, -0.1) is 0 Å². The van der Waals surface area contributed by atoms with E-state index >= 15 is 4.39 Å². The summed E-state index contributed by atoms with van der Waals surface area (Å²) in [6, 6.07) is 23.1. The van der Waals surface area contributed by atoms with Gasteiger partial charge in [0.2, 0.25) is 11.8 Å². The number of anilines is 2. The molecule has 1 saturated carbocycles. The molecule has 5 heterocycles. The number of nitrogens with zero attached hydrogens (tertiary/aromatic N) is 4. The number of rotatable bonds is 7. The van der Waals surface area contributed by atoms with Crippen LogP contribution in [0.1, 0.15) is 95.0 Å². The normalized spacial score (nSPS) is 25.6. The summed E-state index contributed by atoms with van der Waals surface area (Å²) >= 11 is 0. The van der Waals surface area contributed by atoms with Crippen molar-refractivity contribution in [2.24, 2.45) is 11.3 Å². The van der Waals surface area contributed by atoms with Gasteiger partial charge in [0.15, 0.2) is 0 Å². The van der Waals surface area contributed by atoms with Crippen LogP contribution in [0.5, 0.6) is 17.2 Å². The molecule has 0 unspecified atom stereocenters. The smallest absolute Gasteiger partial charge is 0.255 e. The van der Waals surface area contributed by atoms with Crippen LogP contribution in [0.4, 0.5) is 15.8 Å². The summed E-state index contributed by atoms with van der Waals surface area (Å²) in [5, 5.41) is 12.7. The first-order chi connectivity index (χ1) is 30.1. The van der Waals surface area contributed by atoms with Crippen LogP contribution in [-0.2, 0) is 22.6 Å². The van der Waals surface area contributed by atoms with E-state index in [0.29, 0.717) is 47.8 Å². The predicted molar refractivity (Wildman–Crippen MR) is 233 cm³/mol. The molecule has 7 aliphatic rings. The number of aromatic hydroxyl groups is 1.